The molecular formula is C13H22N4O3S2. The van der Waals surface area contributed by atoms with E-state index in [0.717, 1.165) is 4.88 Å². The highest BCUT2D eigenvalue weighted by Crippen LogP contribution is 2.26. The largest absolute Gasteiger partial charge is 0.379 e. The summed E-state index contributed by atoms with van der Waals surface area (Å²) in [6, 6.07) is 3.63. The molecule has 1 aliphatic rings. The number of nitrogens with one attached hydrogen (secondary N) is 1. The van der Waals surface area contributed by atoms with Gasteiger partial charge >= 0.3 is 0 Å². The molecule has 1 saturated heterocycles. The van der Waals surface area contributed by atoms with Gasteiger partial charge in [0.1, 0.15) is 4.21 Å². The summed E-state index contributed by atoms with van der Waals surface area (Å²) in [5, 5.41) is 2.99. The molecule has 7 nitrogen and oxygen atoms in total. The second-order valence-electron chi connectivity index (χ2n) is 5.24. The van der Waals surface area contributed by atoms with Crippen LogP contribution in [0.25, 0.3) is 0 Å². The van der Waals surface area contributed by atoms with E-state index >= 15 is 0 Å². The number of thiophene rings is 1. The van der Waals surface area contributed by atoms with Gasteiger partial charge < -0.3 is 15.8 Å². The molecule has 0 aromatic carbocycles. The van der Waals surface area contributed by atoms with E-state index in [1.165, 1.54) is 15.6 Å². The minimum absolute atomic E-state index is 0.212. The van der Waals surface area contributed by atoms with E-state index in [0.29, 0.717) is 43.0 Å². The quantitative estimate of drug-likeness (QED) is 0.600. The summed E-state index contributed by atoms with van der Waals surface area (Å²) in [6.45, 7) is 6.01. The summed E-state index contributed by atoms with van der Waals surface area (Å²) in [5.41, 5.74) is 5.74. The van der Waals surface area contributed by atoms with Crippen LogP contribution in [-0.2, 0) is 21.3 Å². The highest BCUT2D eigenvalue weighted by atomic mass is 32.2. The molecule has 1 aromatic rings. The molecule has 1 fully saturated rings. The van der Waals surface area contributed by atoms with Crippen molar-refractivity contribution in [1.82, 2.24) is 9.62 Å². The Bertz CT molecular complexity index is 619. The summed E-state index contributed by atoms with van der Waals surface area (Å²) in [6.07, 6.45) is 0. The summed E-state index contributed by atoms with van der Waals surface area (Å²) in [7, 11) is -3.42. The van der Waals surface area contributed by atoms with Gasteiger partial charge in [-0.3, -0.25) is 0 Å². The molecule has 0 unspecified atom stereocenters. The average Bonchev–Trinajstić information content (AvgIpc) is 2.95. The number of morpholine rings is 1. The number of guanidine groups is 1. The molecule has 124 valence electrons. The highest BCUT2D eigenvalue weighted by Gasteiger charge is 2.27. The van der Waals surface area contributed by atoms with Crippen molar-refractivity contribution < 1.29 is 13.2 Å². The fourth-order valence-electron chi connectivity index (χ4n) is 2.00. The van der Waals surface area contributed by atoms with Gasteiger partial charge in [0, 0.05) is 24.0 Å². The molecule has 9 heteroatoms. The Morgan fingerprint density at radius 3 is 2.77 bits per heavy atom. The smallest absolute Gasteiger partial charge is 0.252 e. The van der Waals surface area contributed by atoms with Crippen LogP contribution in [0, 0.1) is 0 Å². The van der Waals surface area contributed by atoms with Crippen LogP contribution in [0.4, 0.5) is 0 Å². The second-order valence-corrected chi connectivity index (χ2v) is 8.57. The number of sulfonamides is 1. The zero-order chi connectivity index (χ0) is 16.2. The van der Waals surface area contributed by atoms with Crippen molar-refractivity contribution in [3.63, 3.8) is 0 Å². The van der Waals surface area contributed by atoms with E-state index in [1.54, 1.807) is 12.1 Å². The molecule has 0 amide bonds. The van der Waals surface area contributed by atoms with Gasteiger partial charge in [-0.15, -0.1) is 11.3 Å². The molecule has 22 heavy (non-hydrogen) atoms. The molecule has 0 bridgehead atoms. The summed E-state index contributed by atoms with van der Waals surface area (Å²) in [5.74, 6) is 0.362. The van der Waals surface area contributed by atoms with Crippen LogP contribution < -0.4 is 11.1 Å². The van der Waals surface area contributed by atoms with Crippen molar-refractivity contribution >= 4 is 27.3 Å². The number of nitrogens with zero attached hydrogens (tertiary/aromatic N) is 2. The normalized spacial score (nSPS) is 17.9. The van der Waals surface area contributed by atoms with Crippen molar-refractivity contribution in [3.8, 4) is 0 Å². The van der Waals surface area contributed by atoms with Crippen LogP contribution >= 0.6 is 11.3 Å². The minimum atomic E-state index is -3.42. The number of aliphatic imine (C=N–C) groups is 1. The molecule has 2 heterocycles. The van der Waals surface area contributed by atoms with Crippen molar-refractivity contribution in [3.05, 3.63) is 17.0 Å². The molecular weight excluding hydrogens is 324 g/mol. The van der Waals surface area contributed by atoms with Gasteiger partial charge in [-0.25, -0.2) is 13.4 Å². The third-order valence-corrected chi connectivity index (χ3v) is 6.48. The summed E-state index contributed by atoms with van der Waals surface area (Å²) in [4.78, 5) is 5.07. The van der Waals surface area contributed by atoms with Crippen LogP contribution in [0.2, 0.25) is 0 Å². The first kappa shape index (κ1) is 17.2. The Kier molecular flexibility index (Phi) is 5.79. The standard InChI is InChI=1S/C13H22N4O3S2/c1-10(2)16-13(14)15-9-11-3-4-12(21-11)22(18,19)17-5-7-20-8-6-17/h3-4,10H,5-9H2,1-2H3,(H3,14,15,16). The minimum Gasteiger partial charge on any atom is -0.379 e. The molecule has 1 aliphatic heterocycles. The molecule has 3 N–H and O–H groups in total. The van der Waals surface area contributed by atoms with Crippen LogP contribution in [0.1, 0.15) is 18.7 Å². The van der Waals surface area contributed by atoms with E-state index in [-0.39, 0.29) is 6.04 Å². The van der Waals surface area contributed by atoms with E-state index < -0.39 is 10.0 Å². The number of hydrogen-bond acceptors (Lipinski definition) is 5. The van der Waals surface area contributed by atoms with Crippen LogP contribution in [0.5, 0.6) is 0 Å². The van der Waals surface area contributed by atoms with Gasteiger partial charge in [-0.1, -0.05) is 0 Å². The maximum Gasteiger partial charge on any atom is 0.252 e. The van der Waals surface area contributed by atoms with Crippen LogP contribution in [0.3, 0.4) is 0 Å². The maximum absolute atomic E-state index is 12.5. The molecule has 0 atom stereocenters. The van der Waals surface area contributed by atoms with Crippen molar-refractivity contribution in [2.45, 2.75) is 30.6 Å². The lowest BCUT2D eigenvalue weighted by Gasteiger charge is -2.25. The highest BCUT2D eigenvalue weighted by molar-refractivity contribution is 7.91. The lowest BCUT2D eigenvalue weighted by atomic mass is 10.4. The van der Waals surface area contributed by atoms with Gasteiger partial charge in [0.25, 0.3) is 10.0 Å². The Morgan fingerprint density at radius 1 is 1.45 bits per heavy atom. The third-order valence-electron chi connectivity index (χ3n) is 3.04. The van der Waals surface area contributed by atoms with Crippen molar-refractivity contribution in [2.75, 3.05) is 26.3 Å². The Labute approximate surface area is 135 Å². The predicted molar refractivity (Wildman–Crippen MR) is 87.5 cm³/mol. The lowest BCUT2D eigenvalue weighted by Crippen LogP contribution is -2.40. The van der Waals surface area contributed by atoms with Crippen molar-refractivity contribution in [2.24, 2.45) is 10.7 Å². The zero-order valence-corrected chi connectivity index (χ0v) is 14.4. The number of ether oxygens (including phenoxy) is 1. The zero-order valence-electron chi connectivity index (χ0n) is 12.8. The molecule has 0 aliphatic carbocycles. The van der Waals surface area contributed by atoms with Gasteiger partial charge in [0.15, 0.2) is 5.96 Å². The molecule has 2 rings (SSSR count). The number of rotatable bonds is 5. The molecule has 1 aromatic heterocycles. The Balaban J connectivity index is 2.04. The fraction of sp³-hybridized carbons (Fsp3) is 0.615. The van der Waals surface area contributed by atoms with Crippen molar-refractivity contribution in [1.29, 1.82) is 0 Å². The first-order valence-electron chi connectivity index (χ1n) is 7.12. The van der Waals surface area contributed by atoms with Gasteiger partial charge in [0.2, 0.25) is 0 Å². The molecule has 0 spiro atoms. The maximum atomic E-state index is 12.5. The monoisotopic (exact) mass is 346 g/mol. The van der Waals surface area contributed by atoms with Gasteiger partial charge in [-0.2, -0.15) is 4.31 Å². The van der Waals surface area contributed by atoms with Gasteiger partial charge in [0.05, 0.1) is 19.8 Å². The topological polar surface area (TPSA) is 97.0 Å². The van der Waals surface area contributed by atoms with E-state index in [2.05, 4.69) is 10.3 Å². The second kappa shape index (κ2) is 7.40. The van der Waals surface area contributed by atoms with E-state index in [1.807, 2.05) is 13.8 Å². The van der Waals surface area contributed by atoms with Crippen LogP contribution in [-0.4, -0.2) is 51.0 Å². The molecule has 0 radical (unpaired) electrons. The Morgan fingerprint density at radius 2 is 2.14 bits per heavy atom. The van der Waals surface area contributed by atoms with E-state index in [9.17, 15) is 8.42 Å². The molecule has 0 saturated carbocycles. The number of hydrogen-bond donors (Lipinski definition) is 2. The SMILES string of the molecule is CC(C)NC(N)=NCc1ccc(S(=O)(=O)N2CCOCC2)s1. The van der Waals surface area contributed by atoms with Gasteiger partial charge in [-0.05, 0) is 26.0 Å². The lowest BCUT2D eigenvalue weighted by molar-refractivity contribution is 0.0731. The summed E-state index contributed by atoms with van der Waals surface area (Å²) >= 11 is 1.23. The number of nitrogens with two attached hydrogens (primary N) is 1. The average molecular weight is 346 g/mol. The van der Waals surface area contributed by atoms with E-state index in [4.69, 9.17) is 10.5 Å². The third kappa shape index (κ3) is 4.42. The Hall–Kier alpha value is -1.16. The first-order chi connectivity index (χ1) is 10.4. The predicted octanol–water partition coefficient (Wildman–Crippen LogP) is 0.582. The first-order valence-corrected chi connectivity index (χ1v) is 9.38. The fourth-order valence-corrected chi connectivity index (χ4v) is 4.84. The summed E-state index contributed by atoms with van der Waals surface area (Å²) < 4.78 is 32.0. The van der Waals surface area contributed by atoms with Crippen LogP contribution in [0.15, 0.2) is 21.3 Å².